The fourth-order valence-electron chi connectivity index (χ4n) is 4.03. The van der Waals surface area contributed by atoms with Crippen molar-refractivity contribution in [2.24, 2.45) is 0 Å². The number of methoxy groups -OCH3 is 1. The second kappa shape index (κ2) is 8.00. The molecule has 0 radical (unpaired) electrons. The van der Waals surface area contributed by atoms with Gasteiger partial charge in [-0.25, -0.2) is 0 Å². The van der Waals surface area contributed by atoms with Crippen molar-refractivity contribution in [2.75, 3.05) is 20.3 Å². The highest BCUT2D eigenvalue weighted by Gasteiger charge is 2.28. The van der Waals surface area contributed by atoms with Crippen LogP contribution in [-0.2, 0) is 19.4 Å². The van der Waals surface area contributed by atoms with Crippen LogP contribution in [0, 0.1) is 6.92 Å². The predicted octanol–water partition coefficient (Wildman–Crippen LogP) is 3.23. The summed E-state index contributed by atoms with van der Waals surface area (Å²) in [5.41, 5.74) is 5.51. The Hall–Kier alpha value is -2.64. The highest BCUT2D eigenvalue weighted by molar-refractivity contribution is 5.85. The van der Waals surface area contributed by atoms with E-state index >= 15 is 0 Å². The maximum absolute atomic E-state index is 5.92. The number of fused-ring (bicyclic) bond motifs is 2. The second-order valence-corrected chi connectivity index (χ2v) is 7.29. The topological polar surface area (TPSA) is 82.3 Å². The van der Waals surface area contributed by atoms with Gasteiger partial charge in [-0.15, -0.1) is 12.4 Å². The Kier molecular flexibility index (Phi) is 5.43. The van der Waals surface area contributed by atoms with Crippen LogP contribution in [0.15, 0.2) is 28.9 Å². The summed E-state index contributed by atoms with van der Waals surface area (Å²) in [6, 6.07) is 5.86. The van der Waals surface area contributed by atoms with E-state index in [1.165, 1.54) is 11.1 Å². The first-order valence-electron chi connectivity index (χ1n) is 9.54. The number of aromatic nitrogens is 3. The van der Waals surface area contributed by atoms with Crippen LogP contribution in [-0.4, -0.2) is 35.4 Å². The zero-order chi connectivity index (χ0) is 19.1. The lowest BCUT2D eigenvalue weighted by atomic mass is 9.95. The van der Waals surface area contributed by atoms with Crippen LogP contribution in [0.4, 0.5) is 0 Å². The average Bonchev–Trinajstić information content (AvgIpc) is 3.22. The molecule has 1 atom stereocenters. The number of aryl methyl sites for hydroxylation is 1. The van der Waals surface area contributed by atoms with Gasteiger partial charge in [-0.05, 0) is 61.2 Å². The minimum Gasteiger partial charge on any atom is -0.497 e. The quantitative estimate of drug-likeness (QED) is 0.704. The van der Waals surface area contributed by atoms with E-state index in [2.05, 4.69) is 15.5 Å². The van der Waals surface area contributed by atoms with Gasteiger partial charge in [0.2, 0.25) is 11.7 Å². The average molecular weight is 415 g/mol. The molecule has 0 amide bonds. The first-order chi connectivity index (χ1) is 13.7. The molecule has 2 aliphatic heterocycles. The fraction of sp³-hybridized carbons (Fsp3) is 0.381. The molecular formula is C21H23ClN4O3. The molecule has 2 aliphatic rings. The molecule has 1 N–H and O–H groups in total. The van der Waals surface area contributed by atoms with E-state index in [1.54, 1.807) is 7.11 Å². The molecule has 0 saturated heterocycles. The molecule has 1 aromatic carbocycles. The Morgan fingerprint density at radius 1 is 1.24 bits per heavy atom. The van der Waals surface area contributed by atoms with Crippen molar-refractivity contribution in [2.45, 2.75) is 32.2 Å². The third-order valence-corrected chi connectivity index (χ3v) is 5.52. The number of nitrogens with one attached hydrogen (secondary N) is 1. The molecule has 8 heteroatoms. The van der Waals surface area contributed by atoms with Crippen LogP contribution in [0.3, 0.4) is 0 Å². The third-order valence-electron chi connectivity index (χ3n) is 5.52. The van der Waals surface area contributed by atoms with E-state index in [-0.39, 0.29) is 18.3 Å². The lowest BCUT2D eigenvalue weighted by Crippen LogP contribution is -2.25. The summed E-state index contributed by atoms with van der Waals surface area (Å²) >= 11 is 0. The van der Waals surface area contributed by atoms with Crippen molar-refractivity contribution in [3.63, 3.8) is 0 Å². The molecule has 152 valence electrons. The normalized spacial score (nSPS) is 17.5. The lowest BCUT2D eigenvalue weighted by molar-refractivity contribution is 0.230. The summed E-state index contributed by atoms with van der Waals surface area (Å²) < 4.78 is 16.9. The maximum atomic E-state index is 5.92. The summed E-state index contributed by atoms with van der Waals surface area (Å²) in [5, 5.41) is 7.68. The molecule has 7 nitrogen and oxygen atoms in total. The fourth-order valence-corrected chi connectivity index (χ4v) is 4.03. The van der Waals surface area contributed by atoms with Gasteiger partial charge in [0.05, 0.1) is 13.0 Å². The smallest absolute Gasteiger partial charge is 0.233 e. The Labute approximate surface area is 175 Å². The van der Waals surface area contributed by atoms with E-state index in [0.29, 0.717) is 18.3 Å². The summed E-state index contributed by atoms with van der Waals surface area (Å²) in [5.74, 6) is 2.96. The highest BCUT2D eigenvalue weighted by atomic mass is 35.5. The largest absolute Gasteiger partial charge is 0.497 e. The number of ether oxygens (including phenoxy) is 2. The van der Waals surface area contributed by atoms with Crippen LogP contribution in [0.2, 0.25) is 0 Å². The van der Waals surface area contributed by atoms with E-state index < -0.39 is 0 Å². The first kappa shape index (κ1) is 19.7. The summed E-state index contributed by atoms with van der Waals surface area (Å²) in [7, 11) is 1.67. The second-order valence-electron chi connectivity index (χ2n) is 7.29. The highest BCUT2D eigenvalue weighted by Crippen LogP contribution is 2.35. The van der Waals surface area contributed by atoms with Crippen LogP contribution < -0.4 is 14.8 Å². The summed E-state index contributed by atoms with van der Waals surface area (Å²) in [6.45, 7) is 4.30. The number of hydrogen-bond donors (Lipinski definition) is 1. The Morgan fingerprint density at radius 3 is 3.00 bits per heavy atom. The van der Waals surface area contributed by atoms with Gasteiger partial charge in [-0.1, -0.05) is 5.16 Å². The Bertz CT molecular complexity index is 1040. The van der Waals surface area contributed by atoms with Gasteiger partial charge in [0.1, 0.15) is 18.1 Å². The van der Waals surface area contributed by atoms with Gasteiger partial charge in [-0.3, -0.25) is 4.98 Å². The monoisotopic (exact) mass is 414 g/mol. The van der Waals surface area contributed by atoms with Crippen molar-refractivity contribution >= 4 is 12.4 Å². The Morgan fingerprint density at radius 2 is 2.14 bits per heavy atom. The molecule has 0 bridgehead atoms. The zero-order valence-electron chi connectivity index (χ0n) is 16.4. The van der Waals surface area contributed by atoms with Crippen molar-refractivity contribution < 1.29 is 14.0 Å². The van der Waals surface area contributed by atoms with E-state index in [4.69, 9.17) is 19.0 Å². The van der Waals surface area contributed by atoms with Crippen molar-refractivity contribution in [3.05, 3.63) is 52.7 Å². The molecule has 5 rings (SSSR count). The number of halogens is 1. The number of rotatable bonds is 3. The van der Waals surface area contributed by atoms with Gasteiger partial charge < -0.3 is 19.3 Å². The standard InChI is InChI=1S/C21H22N4O3.ClH/c1-12-19(17-5-6-22-9-15(17)10-23-12)20-24-21(28-25-20)14-7-13-8-16(26-2)3-4-18(13)27-11-14;/h3-4,8,10,14,22H,5-7,9,11H2,1-2H3;1H. The maximum Gasteiger partial charge on any atom is 0.233 e. The van der Waals surface area contributed by atoms with Crippen molar-refractivity contribution in [1.29, 1.82) is 0 Å². The van der Waals surface area contributed by atoms with Crippen LogP contribution in [0.5, 0.6) is 11.5 Å². The first-order valence-corrected chi connectivity index (χ1v) is 9.54. The van der Waals surface area contributed by atoms with Crippen LogP contribution in [0.1, 0.15) is 34.2 Å². The minimum atomic E-state index is 0. The summed E-state index contributed by atoms with van der Waals surface area (Å²) in [4.78, 5) is 9.28. The summed E-state index contributed by atoms with van der Waals surface area (Å²) in [6.07, 6.45) is 3.67. The SMILES string of the molecule is COc1ccc2c(c1)CC(c1nc(-c3c(C)ncc4c3CCNC4)no1)CO2.Cl. The van der Waals surface area contributed by atoms with Crippen molar-refractivity contribution in [1.82, 2.24) is 20.4 Å². The molecule has 0 saturated carbocycles. The van der Waals surface area contributed by atoms with Crippen molar-refractivity contribution in [3.8, 4) is 22.9 Å². The third kappa shape index (κ3) is 3.56. The molecule has 29 heavy (non-hydrogen) atoms. The zero-order valence-corrected chi connectivity index (χ0v) is 17.2. The molecule has 0 fully saturated rings. The van der Waals surface area contributed by atoms with Gasteiger partial charge in [0.15, 0.2) is 0 Å². The van der Waals surface area contributed by atoms with Gasteiger partial charge in [0, 0.05) is 24.0 Å². The minimum absolute atomic E-state index is 0. The number of hydrogen-bond acceptors (Lipinski definition) is 7. The number of pyridine rings is 1. The molecule has 4 heterocycles. The number of benzene rings is 1. The van der Waals surface area contributed by atoms with Crippen LogP contribution >= 0.6 is 12.4 Å². The number of nitrogens with zero attached hydrogens (tertiary/aromatic N) is 3. The van der Waals surface area contributed by atoms with Crippen LogP contribution in [0.25, 0.3) is 11.4 Å². The van der Waals surface area contributed by atoms with Gasteiger partial charge in [-0.2, -0.15) is 4.98 Å². The molecule has 2 aromatic heterocycles. The molecule has 0 spiro atoms. The molecule has 1 unspecified atom stereocenters. The molecule has 0 aliphatic carbocycles. The lowest BCUT2D eigenvalue weighted by Gasteiger charge is -2.23. The molecular weight excluding hydrogens is 392 g/mol. The predicted molar refractivity (Wildman–Crippen MR) is 110 cm³/mol. The van der Waals surface area contributed by atoms with Gasteiger partial charge in [0.25, 0.3) is 0 Å². The molecule has 3 aromatic rings. The van der Waals surface area contributed by atoms with E-state index in [9.17, 15) is 0 Å². The van der Waals surface area contributed by atoms with E-state index in [0.717, 1.165) is 54.3 Å². The van der Waals surface area contributed by atoms with E-state index in [1.807, 2.05) is 31.3 Å². The Balaban J connectivity index is 0.00000205. The van der Waals surface area contributed by atoms with Gasteiger partial charge >= 0.3 is 0 Å².